The average molecular weight is 445 g/mol. The second-order valence-electron chi connectivity index (χ2n) is 7.55. The molecule has 0 N–H and O–H groups in total. The molecule has 6 nitrogen and oxygen atoms in total. The summed E-state index contributed by atoms with van der Waals surface area (Å²) < 4.78 is 5.45. The molecule has 0 unspecified atom stereocenters. The van der Waals surface area contributed by atoms with E-state index in [9.17, 15) is 4.79 Å². The Balaban J connectivity index is 1.61. The fourth-order valence-corrected chi connectivity index (χ4v) is 4.11. The number of carbonyl (C=O) groups excluding carboxylic acids is 1. The molecule has 0 radical (unpaired) electrons. The van der Waals surface area contributed by atoms with E-state index in [-0.39, 0.29) is 5.91 Å². The summed E-state index contributed by atoms with van der Waals surface area (Å²) in [5, 5.41) is 9.14. The Morgan fingerprint density at radius 1 is 1.06 bits per heavy atom. The average Bonchev–Trinajstić information content (AvgIpc) is 3.40. The van der Waals surface area contributed by atoms with Gasteiger partial charge in [0.15, 0.2) is 5.17 Å². The van der Waals surface area contributed by atoms with Crippen LogP contribution in [0.25, 0.3) is 6.08 Å². The Morgan fingerprint density at radius 3 is 2.53 bits per heavy atom. The highest BCUT2D eigenvalue weighted by molar-refractivity contribution is 8.18. The van der Waals surface area contributed by atoms with Crippen molar-refractivity contribution in [1.29, 1.82) is 0 Å². The normalized spacial score (nSPS) is 16.6. The van der Waals surface area contributed by atoms with E-state index in [0.717, 1.165) is 22.4 Å². The lowest BCUT2D eigenvalue weighted by Gasteiger charge is -2.12. The van der Waals surface area contributed by atoms with E-state index in [1.807, 2.05) is 86.6 Å². The summed E-state index contributed by atoms with van der Waals surface area (Å²) in [4.78, 5) is 17.4. The molecule has 1 aromatic heterocycles. The van der Waals surface area contributed by atoms with Crippen molar-refractivity contribution in [2.75, 3.05) is 19.0 Å². The molecule has 2 heterocycles. The van der Waals surface area contributed by atoms with Crippen LogP contribution in [0.5, 0.6) is 0 Å². The predicted octanol–water partition coefficient (Wildman–Crippen LogP) is 5.16. The van der Waals surface area contributed by atoms with Gasteiger partial charge in [0.1, 0.15) is 5.76 Å². The van der Waals surface area contributed by atoms with Gasteiger partial charge in [-0.05, 0) is 65.7 Å². The van der Waals surface area contributed by atoms with E-state index >= 15 is 0 Å². The number of amidine groups is 1. The Morgan fingerprint density at radius 2 is 1.84 bits per heavy atom. The fourth-order valence-electron chi connectivity index (χ4n) is 3.17. The number of nitrogens with zero attached hydrogens (tertiary/aromatic N) is 4. The Kier molecular flexibility index (Phi) is 6.56. The van der Waals surface area contributed by atoms with Crippen LogP contribution in [-0.2, 0) is 11.3 Å². The number of furan rings is 1. The number of carbonyl (C=O) groups is 1. The molecule has 1 saturated heterocycles. The molecule has 0 atom stereocenters. The van der Waals surface area contributed by atoms with E-state index in [1.54, 1.807) is 23.4 Å². The summed E-state index contributed by atoms with van der Waals surface area (Å²) in [6, 6.07) is 19.6. The number of hydrogen-bond acceptors (Lipinski definition) is 6. The molecule has 3 aromatic rings. The van der Waals surface area contributed by atoms with Gasteiger partial charge in [-0.1, -0.05) is 36.4 Å². The van der Waals surface area contributed by atoms with Crippen LogP contribution in [-0.4, -0.2) is 36.3 Å². The minimum Gasteiger partial charge on any atom is -0.467 e. The molecule has 1 fully saturated rings. The highest BCUT2D eigenvalue weighted by Crippen LogP contribution is 2.34. The number of anilines is 1. The first-order valence-corrected chi connectivity index (χ1v) is 11.0. The van der Waals surface area contributed by atoms with E-state index in [2.05, 4.69) is 10.2 Å². The molecule has 1 aliphatic heterocycles. The maximum atomic E-state index is 13.2. The lowest BCUT2D eigenvalue weighted by molar-refractivity contribution is -0.122. The Hall–Kier alpha value is -3.58. The summed E-state index contributed by atoms with van der Waals surface area (Å²) in [7, 11) is 3.99. The minimum absolute atomic E-state index is 0.118. The van der Waals surface area contributed by atoms with Gasteiger partial charge in [-0.3, -0.25) is 9.69 Å². The molecule has 1 aliphatic rings. The fraction of sp³-hybridized carbons (Fsp3) is 0.160. The van der Waals surface area contributed by atoms with E-state index in [1.165, 1.54) is 11.8 Å². The quantitative estimate of drug-likeness (QED) is 0.299. The highest BCUT2D eigenvalue weighted by atomic mass is 32.2. The molecular formula is C25H24N4O2S. The first-order chi connectivity index (χ1) is 15.5. The van der Waals surface area contributed by atoms with Gasteiger partial charge in [0, 0.05) is 19.8 Å². The summed E-state index contributed by atoms with van der Waals surface area (Å²) >= 11 is 1.32. The van der Waals surface area contributed by atoms with Gasteiger partial charge >= 0.3 is 0 Å². The molecule has 2 aromatic carbocycles. The van der Waals surface area contributed by atoms with Crippen LogP contribution in [0.4, 0.5) is 5.69 Å². The van der Waals surface area contributed by atoms with Crippen LogP contribution in [0.15, 0.2) is 86.5 Å². The first-order valence-electron chi connectivity index (χ1n) is 10.2. The summed E-state index contributed by atoms with van der Waals surface area (Å²) in [5.41, 5.74) is 4.15. The molecule has 7 heteroatoms. The molecule has 0 aliphatic carbocycles. The highest BCUT2D eigenvalue weighted by Gasteiger charge is 2.34. The molecule has 162 valence electrons. The topological polar surface area (TPSA) is 61.4 Å². The summed E-state index contributed by atoms with van der Waals surface area (Å²) in [6.07, 6.45) is 5.19. The van der Waals surface area contributed by atoms with Crippen molar-refractivity contribution in [2.24, 2.45) is 10.2 Å². The second kappa shape index (κ2) is 9.70. The van der Waals surface area contributed by atoms with E-state index < -0.39 is 0 Å². The van der Waals surface area contributed by atoms with Gasteiger partial charge in [0.2, 0.25) is 0 Å². The number of aryl methyl sites for hydroxylation is 1. The van der Waals surface area contributed by atoms with Crippen LogP contribution in [0.1, 0.15) is 22.5 Å². The van der Waals surface area contributed by atoms with Gasteiger partial charge in [0.05, 0.1) is 23.9 Å². The molecule has 0 bridgehead atoms. The van der Waals surface area contributed by atoms with Crippen molar-refractivity contribution in [3.05, 3.63) is 94.3 Å². The van der Waals surface area contributed by atoms with Gasteiger partial charge in [-0.15, -0.1) is 5.10 Å². The van der Waals surface area contributed by atoms with E-state index in [0.29, 0.717) is 22.4 Å². The van der Waals surface area contributed by atoms with Crippen molar-refractivity contribution < 1.29 is 9.21 Å². The van der Waals surface area contributed by atoms with Crippen molar-refractivity contribution >= 4 is 40.8 Å². The third-order valence-corrected chi connectivity index (χ3v) is 6.01. The molecule has 1 amide bonds. The zero-order valence-electron chi connectivity index (χ0n) is 18.2. The largest absolute Gasteiger partial charge is 0.467 e. The van der Waals surface area contributed by atoms with Crippen LogP contribution in [0.2, 0.25) is 0 Å². The maximum Gasteiger partial charge on any atom is 0.267 e. The number of amides is 1. The molecule has 32 heavy (non-hydrogen) atoms. The number of thioether (sulfide) groups is 1. The first kappa shape index (κ1) is 21.6. The zero-order valence-corrected chi connectivity index (χ0v) is 19.0. The Bertz CT molecular complexity index is 1180. The lowest BCUT2D eigenvalue weighted by atomic mass is 10.1. The minimum atomic E-state index is -0.118. The van der Waals surface area contributed by atoms with Crippen LogP contribution >= 0.6 is 11.8 Å². The smallest absolute Gasteiger partial charge is 0.267 e. The van der Waals surface area contributed by atoms with Gasteiger partial charge in [-0.25, -0.2) is 0 Å². The number of rotatable bonds is 6. The Labute approximate surface area is 191 Å². The molecule has 0 spiro atoms. The van der Waals surface area contributed by atoms with Gasteiger partial charge in [-0.2, -0.15) is 5.10 Å². The van der Waals surface area contributed by atoms with Crippen molar-refractivity contribution in [1.82, 2.24) is 4.90 Å². The lowest BCUT2D eigenvalue weighted by Crippen LogP contribution is -2.28. The van der Waals surface area contributed by atoms with Gasteiger partial charge in [0.25, 0.3) is 5.91 Å². The van der Waals surface area contributed by atoms with Gasteiger partial charge < -0.3 is 9.32 Å². The van der Waals surface area contributed by atoms with Crippen LogP contribution < -0.4 is 4.90 Å². The molecule has 0 saturated carbocycles. The van der Waals surface area contributed by atoms with Crippen molar-refractivity contribution in [3.63, 3.8) is 0 Å². The number of benzene rings is 2. The van der Waals surface area contributed by atoms with E-state index in [4.69, 9.17) is 4.42 Å². The third-order valence-electron chi connectivity index (χ3n) is 5.02. The maximum absolute atomic E-state index is 13.2. The van der Waals surface area contributed by atoms with Crippen LogP contribution in [0.3, 0.4) is 0 Å². The summed E-state index contributed by atoms with van der Waals surface area (Å²) in [6.45, 7) is 2.32. The molecule has 4 rings (SSSR count). The SMILES string of the molecule is Cc1ccccc1/C=N\N=C1\S/C(=C\c2ccc(N(C)C)cc2)C(=O)N1Cc1ccco1. The predicted molar refractivity (Wildman–Crippen MR) is 132 cm³/mol. The third kappa shape index (κ3) is 5.00. The van der Waals surface area contributed by atoms with Crippen molar-refractivity contribution in [3.8, 4) is 0 Å². The van der Waals surface area contributed by atoms with Crippen LogP contribution in [0, 0.1) is 6.92 Å². The monoisotopic (exact) mass is 444 g/mol. The number of hydrogen-bond donors (Lipinski definition) is 0. The molecular weight excluding hydrogens is 420 g/mol. The second-order valence-corrected chi connectivity index (χ2v) is 8.56. The van der Waals surface area contributed by atoms with Crippen molar-refractivity contribution in [2.45, 2.75) is 13.5 Å². The zero-order chi connectivity index (χ0) is 22.5. The summed E-state index contributed by atoms with van der Waals surface area (Å²) in [5.74, 6) is 0.569. The standard InChI is InChI=1S/C25H24N4O2S/c1-18-7-4-5-8-20(18)16-26-27-25-29(17-22-9-6-14-31-22)24(30)23(32-25)15-19-10-12-21(13-11-19)28(2)3/h4-16H,17H2,1-3H3/b23-15-,26-16-,27-25+.